The summed E-state index contributed by atoms with van der Waals surface area (Å²) in [5.74, 6) is -0.334. The number of aryl methyl sites for hydroxylation is 2. The van der Waals surface area contributed by atoms with Crippen LogP contribution in [0.1, 0.15) is 62.6 Å². The smallest absolute Gasteiger partial charge is 0.346 e. The van der Waals surface area contributed by atoms with Gasteiger partial charge in [-0.25, -0.2) is 0 Å². The lowest BCUT2D eigenvalue weighted by Gasteiger charge is -2.26. The number of hydrogen-bond acceptors (Lipinski definition) is 4. The van der Waals surface area contributed by atoms with Gasteiger partial charge in [-0.15, -0.1) is 0 Å². The van der Waals surface area contributed by atoms with E-state index in [0.717, 1.165) is 0 Å². The fourth-order valence-electron chi connectivity index (χ4n) is 4.16. The van der Waals surface area contributed by atoms with Crippen LogP contribution in [0, 0.1) is 13.8 Å². The molecule has 2 aromatic carbocycles. The molecule has 1 aromatic heterocycles. The molecular weight excluding hydrogens is 558 g/mol. The third kappa shape index (κ3) is 7.38. The van der Waals surface area contributed by atoms with Crippen LogP contribution in [0.25, 0.3) is 0 Å². The van der Waals surface area contributed by atoms with Crippen LogP contribution in [-0.4, -0.2) is 39.1 Å². The standard InChI is InChI=1S/C27H28F6N4O2S/c1-15-7-6-8-18(22(15)24(39)35-25(3,4)14-40-5)23(38)34-19-10-9-17(11-16(19)2)13-37-21(27(31,32)33)12-20(36-37)26(28,29)30/h6-12H,13-14H2,1-5H3,(H,34,38)(H,35,39). The van der Waals surface area contributed by atoms with Crippen molar-refractivity contribution in [3.63, 3.8) is 0 Å². The van der Waals surface area contributed by atoms with Gasteiger partial charge in [0, 0.05) is 23.0 Å². The molecule has 40 heavy (non-hydrogen) atoms. The van der Waals surface area contributed by atoms with Gasteiger partial charge in [0.05, 0.1) is 17.7 Å². The van der Waals surface area contributed by atoms with E-state index in [1.54, 1.807) is 37.7 Å². The lowest BCUT2D eigenvalue weighted by molar-refractivity contribution is -0.144. The first-order valence-corrected chi connectivity index (χ1v) is 13.4. The lowest BCUT2D eigenvalue weighted by atomic mass is 9.98. The highest BCUT2D eigenvalue weighted by molar-refractivity contribution is 7.98. The van der Waals surface area contributed by atoms with Gasteiger partial charge in [0.25, 0.3) is 11.8 Å². The van der Waals surface area contributed by atoms with Crippen molar-refractivity contribution in [1.82, 2.24) is 15.1 Å². The Morgan fingerprint density at radius 1 is 0.925 bits per heavy atom. The third-order valence-electron chi connectivity index (χ3n) is 5.93. The molecule has 216 valence electrons. The van der Waals surface area contributed by atoms with E-state index in [2.05, 4.69) is 15.7 Å². The molecule has 6 nitrogen and oxygen atoms in total. The van der Waals surface area contributed by atoms with Gasteiger partial charge in [-0.1, -0.05) is 24.3 Å². The Bertz CT molecular complexity index is 1410. The second-order valence-electron chi connectivity index (χ2n) is 9.94. The van der Waals surface area contributed by atoms with Crippen molar-refractivity contribution in [2.45, 2.75) is 52.1 Å². The minimum Gasteiger partial charge on any atom is -0.346 e. The summed E-state index contributed by atoms with van der Waals surface area (Å²) in [6.07, 6.45) is -8.16. The molecule has 0 radical (unpaired) electrons. The molecule has 0 fully saturated rings. The maximum Gasteiger partial charge on any atom is 0.435 e. The summed E-state index contributed by atoms with van der Waals surface area (Å²) in [4.78, 5) is 26.3. The number of carbonyl (C=O) groups is 2. The molecule has 0 unspecified atom stereocenters. The van der Waals surface area contributed by atoms with Crippen molar-refractivity contribution in [3.8, 4) is 0 Å². The monoisotopic (exact) mass is 586 g/mol. The van der Waals surface area contributed by atoms with Crippen molar-refractivity contribution < 1.29 is 35.9 Å². The molecule has 0 aliphatic carbocycles. The zero-order chi connectivity index (χ0) is 30.0. The van der Waals surface area contributed by atoms with Crippen LogP contribution >= 0.6 is 11.8 Å². The Morgan fingerprint density at radius 3 is 2.17 bits per heavy atom. The van der Waals surface area contributed by atoms with Gasteiger partial charge in [-0.05, 0) is 62.8 Å². The number of hydrogen-bond donors (Lipinski definition) is 2. The number of anilines is 1. The third-order valence-corrected chi connectivity index (χ3v) is 6.94. The van der Waals surface area contributed by atoms with Crippen molar-refractivity contribution in [1.29, 1.82) is 0 Å². The van der Waals surface area contributed by atoms with E-state index in [9.17, 15) is 35.9 Å². The number of aromatic nitrogens is 2. The average molecular weight is 587 g/mol. The highest BCUT2D eigenvalue weighted by Gasteiger charge is 2.41. The van der Waals surface area contributed by atoms with E-state index >= 15 is 0 Å². The van der Waals surface area contributed by atoms with E-state index < -0.39 is 47.6 Å². The molecule has 0 spiro atoms. The molecule has 2 amide bonds. The molecule has 1 heterocycles. The first-order valence-electron chi connectivity index (χ1n) is 12.0. The predicted molar refractivity (Wildman–Crippen MR) is 142 cm³/mol. The second kappa shape index (κ2) is 11.6. The fourth-order valence-corrected chi connectivity index (χ4v) is 4.95. The van der Waals surface area contributed by atoms with Crippen LogP contribution in [0.5, 0.6) is 0 Å². The van der Waals surface area contributed by atoms with Crippen LogP contribution in [0.4, 0.5) is 32.0 Å². The van der Waals surface area contributed by atoms with Gasteiger partial charge in [0.15, 0.2) is 5.69 Å². The predicted octanol–water partition coefficient (Wildman–Crippen LogP) is 6.71. The Morgan fingerprint density at radius 2 is 1.60 bits per heavy atom. The summed E-state index contributed by atoms with van der Waals surface area (Å²) in [6, 6.07) is 9.09. The summed E-state index contributed by atoms with van der Waals surface area (Å²) in [6.45, 7) is 6.46. The SMILES string of the molecule is CSCC(C)(C)NC(=O)c1c(C)cccc1C(=O)Nc1ccc(Cn2nc(C(F)(F)F)cc2C(F)(F)F)cc1C. The molecular formula is C27H28F6N4O2S. The quantitative estimate of drug-likeness (QED) is 0.288. The van der Waals surface area contributed by atoms with Crippen LogP contribution in [0.3, 0.4) is 0 Å². The molecule has 3 rings (SSSR count). The summed E-state index contributed by atoms with van der Waals surface area (Å²) in [7, 11) is 0. The molecule has 0 aliphatic heterocycles. The number of carbonyl (C=O) groups excluding carboxylic acids is 2. The summed E-state index contributed by atoms with van der Waals surface area (Å²) in [5.41, 5.74) is -1.76. The maximum absolute atomic E-state index is 13.3. The topological polar surface area (TPSA) is 76.0 Å². The van der Waals surface area contributed by atoms with Crippen LogP contribution in [0.15, 0.2) is 42.5 Å². The normalized spacial score (nSPS) is 12.4. The maximum atomic E-state index is 13.3. The van der Waals surface area contributed by atoms with Crippen molar-refractivity contribution in [3.05, 3.63) is 81.7 Å². The van der Waals surface area contributed by atoms with Crippen LogP contribution in [-0.2, 0) is 18.9 Å². The van der Waals surface area contributed by atoms with Crippen molar-refractivity contribution in [2.24, 2.45) is 0 Å². The van der Waals surface area contributed by atoms with E-state index in [4.69, 9.17) is 0 Å². The summed E-state index contributed by atoms with van der Waals surface area (Å²) >= 11 is 1.56. The molecule has 0 atom stereocenters. The van der Waals surface area contributed by atoms with E-state index in [0.29, 0.717) is 22.6 Å². The summed E-state index contributed by atoms with van der Waals surface area (Å²) < 4.78 is 79.3. The highest BCUT2D eigenvalue weighted by Crippen LogP contribution is 2.35. The van der Waals surface area contributed by atoms with Gasteiger partial charge in [0.2, 0.25) is 0 Å². The van der Waals surface area contributed by atoms with Gasteiger partial charge in [-0.3, -0.25) is 14.3 Å². The van der Waals surface area contributed by atoms with E-state index in [-0.39, 0.29) is 27.4 Å². The number of benzene rings is 2. The number of alkyl halides is 6. The van der Waals surface area contributed by atoms with Gasteiger partial charge >= 0.3 is 12.4 Å². The van der Waals surface area contributed by atoms with Crippen molar-refractivity contribution in [2.75, 3.05) is 17.3 Å². The first-order chi connectivity index (χ1) is 18.4. The Kier molecular flexibility index (Phi) is 8.97. The fraction of sp³-hybridized carbons (Fsp3) is 0.370. The van der Waals surface area contributed by atoms with Gasteiger partial charge in [-0.2, -0.15) is 43.2 Å². The second-order valence-corrected chi connectivity index (χ2v) is 10.8. The summed E-state index contributed by atoms with van der Waals surface area (Å²) in [5, 5.41) is 8.77. The zero-order valence-corrected chi connectivity index (χ0v) is 23.2. The number of rotatable bonds is 8. The highest BCUT2D eigenvalue weighted by atomic mass is 32.2. The zero-order valence-electron chi connectivity index (χ0n) is 22.3. The molecule has 3 aromatic rings. The minimum atomic E-state index is -5.04. The molecule has 0 saturated heterocycles. The number of thioether (sulfide) groups is 1. The van der Waals surface area contributed by atoms with Gasteiger partial charge < -0.3 is 10.6 Å². The van der Waals surface area contributed by atoms with Crippen LogP contribution < -0.4 is 10.6 Å². The molecule has 0 bridgehead atoms. The van der Waals surface area contributed by atoms with Gasteiger partial charge in [0.1, 0.15) is 5.69 Å². The lowest BCUT2D eigenvalue weighted by Crippen LogP contribution is -2.46. The average Bonchev–Trinajstić information content (AvgIpc) is 3.25. The molecule has 0 aliphatic rings. The first kappa shape index (κ1) is 31.1. The minimum absolute atomic E-state index is 0.0285. The number of nitrogens with one attached hydrogen (secondary N) is 2. The Labute approximate surface area is 231 Å². The molecule has 13 heteroatoms. The largest absolute Gasteiger partial charge is 0.435 e. The molecule has 0 saturated carbocycles. The molecule has 2 N–H and O–H groups in total. The Hall–Kier alpha value is -3.48. The van der Waals surface area contributed by atoms with Crippen molar-refractivity contribution >= 4 is 29.3 Å². The number of halogens is 6. The van der Waals surface area contributed by atoms with E-state index in [1.807, 2.05) is 20.1 Å². The van der Waals surface area contributed by atoms with Crippen LogP contribution in [0.2, 0.25) is 0 Å². The van der Waals surface area contributed by atoms with E-state index in [1.165, 1.54) is 24.3 Å². The number of nitrogens with zero attached hydrogens (tertiary/aromatic N) is 2. The number of amides is 2. The Balaban J connectivity index is 1.86.